The van der Waals surface area contributed by atoms with Crippen LogP contribution in [-0.2, 0) is 23.9 Å². The molecule has 1 aromatic carbocycles. The summed E-state index contributed by atoms with van der Waals surface area (Å²) in [5, 5.41) is 0. The molecule has 2 rings (SSSR count). The van der Waals surface area contributed by atoms with E-state index in [1.807, 2.05) is 0 Å². The summed E-state index contributed by atoms with van der Waals surface area (Å²) in [7, 11) is 0. The van der Waals surface area contributed by atoms with Gasteiger partial charge in [-0.05, 0) is 0 Å². The molecule has 1 aliphatic rings. The van der Waals surface area contributed by atoms with Gasteiger partial charge in [0.05, 0.1) is 0 Å². The predicted octanol–water partition coefficient (Wildman–Crippen LogP) is -2.88. The molecule has 0 saturated heterocycles. The van der Waals surface area contributed by atoms with Crippen LogP contribution in [0.5, 0.6) is 0 Å². The van der Waals surface area contributed by atoms with Crippen molar-refractivity contribution in [3.05, 3.63) is 58.0 Å². The van der Waals surface area contributed by atoms with Crippen LogP contribution in [0, 0.1) is 0 Å². The van der Waals surface area contributed by atoms with Crippen molar-refractivity contribution in [2.45, 2.75) is 11.1 Å². The van der Waals surface area contributed by atoms with E-state index in [1.165, 1.54) is 16.7 Å². The van der Waals surface area contributed by atoms with Gasteiger partial charge in [0, 0.05) is 0 Å². The van der Waals surface area contributed by atoms with E-state index in [9.17, 15) is 0 Å². The van der Waals surface area contributed by atoms with E-state index in [4.69, 9.17) is 0 Å². The molecule has 0 aliphatic heterocycles. The van der Waals surface area contributed by atoms with Crippen molar-refractivity contribution in [3.8, 4) is 0 Å². The number of hydrogen-bond donors (Lipinski definition) is 0. The molecule has 0 N–H and O–H groups in total. The molecule has 0 atom stereocenters. The van der Waals surface area contributed by atoms with Crippen LogP contribution in [-0.4, -0.2) is 0 Å². The number of benzene rings is 1. The average molecular weight is 275 g/mol. The van der Waals surface area contributed by atoms with Crippen molar-refractivity contribution in [1.29, 1.82) is 0 Å². The van der Waals surface area contributed by atoms with E-state index < -0.39 is 0 Å². The molecule has 0 saturated carbocycles. The van der Waals surface area contributed by atoms with Gasteiger partial charge in [-0.1, -0.05) is 0 Å². The topological polar surface area (TPSA) is 0 Å². The van der Waals surface area contributed by atoms with E-state index in [0.717, 1.165) is 0 Å². The van der Waals surface area contributed by atoms with Crippen LogP contribution in [0.4, 0.5) is 0 Å². The fourth-order valence-corrected chi connectivity index (χ4v) is 3.17. The summed E-state index contributed by atoms with van der Waals surface area (Å²) < 4.78 is 2.98. The van der Waals surface area contributed by atoms with Crippen LogP contribution in [0.1, 0.15) is 12.0 Å². The van der Waals surface area contributed by atoms with Crippen molar-refractivity contribution in [2.24, 2.45) is 0 Å². The molecule has 15 heavy (non-hydrogen) atoms. The maximum absolute atomic E-state index is 2.29. The Kier molecular flexibility index (Phi) is 8.18. The second kappa shape index (κ2) is 8.18. The molecule has 0 spiro atoms. The first-order valence-corrected chi connectivity index (χ1v) is 6.47. The zero-order valence-corrected chi connectivity index (χ0v) is 11.4. The molecule has 0 heterocycles. The second-order valence-electron chi connectivity index (χ2n) is 3.16. The van der Waals surface area contributed by atoms with Crippen molar-refractivity contribution in [3.63, 3.8) is 0 Å². The molecule has 0 bridgehead atoms. The van der Waals surface area contributed by atoms with Gasteiger partial charge in [-0.25, -0.2) is 0 Å². The largest absolute Gasteiger partial charge is 1.00 e. The third-order valence-corrected chi connectivity index (χ3v) is 4.34. The van der Waals surface area contributed by atoms with Crippen LogP contribution in [0.2, 0.25) is 0 Å². The minimum absolute atomic E-state index is 0. The van der Waals surface area contributed by atoms with Gasteiger partial charge in [0.2, 0.25) is 0 Å². The number of allylic oxidation sites excluding steroid dienone is 4. The summed E-state index contributed by atoms with van der Waals surface area (Å²) in [6.07, 6.45) is 7.95. The zero-order valence-electron chi connectivity index (χ0n) is 8.29. The summed E-state index contributed by atoms with van der Waals surface area (Å²) in [6, 6.07) is 10.8. The van der Waals surface area contributed by atoms with Crippen molar-refractivity contribution in [1.82, 2.24) is 0 Å². The smallest absolute Gasteiger partial charge is 1.00 e. The van der Waals surface area contributed by atoms with Crippen LogP contribution in [0.15, 0.2) is 52.4 Å². The monoisotopic (exact) mass is 274 g/mol. The quantitative estimate of drug-likeness (QED) is 0.520. The summed E-state index contributed by atoms with van der Waals surface area (Å²) in [5.41, 5.74) is 1.50. The fourth-order valence-electron chi connectivity index (χ4n) is 1.39. The first kappa shape index (κ1) is 15.0. The van der Waals surface area contributed by atoms with Crippen molar-refractivity contribution < 1.29 is 44.0 Å². The normalized spacial score (nSPS) is 12.1. The first-order chi connectivity index (χ1) is 6.45. The van der Waals surface area contributed by atoms with Gasteiger partial charge in [-0.3, -0.25) is 0 Å². The Morgan fingerprint density at radius 3 is 2.40 bits per heavy atom. The van der Waals surface area contributed by atoms with E-state index in [2.05, 4.69) is 48.6 Å². The maximum Gasteiger partial charge on any atom is -1.00 e. The Labute approximate surface area is 113 Å². The minimum Gasteiger partial charge on any atom is -1.00 e. The van der Waals surface area contributed by atoms with Gasteiger partial charge in [0.25, 0.3) is 0 Å². The Balaban J connectivity index is 0.000000980. The van der Waals surface area contributed by atoms with Crippen molar-refractivity contribution in [2.75, 3.05) is 0 Å². The van der Waals surface area contributed by atoms with Gasteiger partial charge in [0.15, 0.2) is 0 Å². The molecular formula is C12H12Cl2Ti. The summed E-state index contributed by atoms with van der Waals surface area (Å²) in [5.74, 6) is 0. The Bertz CT molecular complexity index is 331. The molecular weight excluding hydrogens is 263 g/mol. The molecule has 0 radical (unpaired) electrons. The van der Waals surface area contributed by atoms with E-state index in [-0.39, 0.29) is 44.0 Å². The van der Waals surface area contributed by atoms with Gasteiger partial charge < -0.3 is 24.8 Å². The van der Waals surface area contributed by atoms with E-state index in [0.29, 0.717) is 0 Å². The predicted molar refractivity (Wildman–Crippen MR) is 52.0 cm³/mol. The van der Waals surface area contributed by atoms with Crippen LogP contribution >= 0.6 is 0 Å². The summed E-state index contributed by atoms with van der Waals surface area (Å²) in [4.78, 5) is 0. The Hall–Kier alpha value is -0.00571. The summed E-state index contributed by atoms with van der Waals surface area (Å²) >= 11 is 0.110. The molecule has 0 unspecified atom stereocenters. The number of hydrogen-bond acceptors (Lipinski definition) is 0. The van der Waals surface area contributed by atoms with Gasteiger partial charge in [0.1, 0.15) is 0 Å². The average Bonchev–Trinajstić information content (AvgIpc) is 2.69. The molecule has 0 aromatic heterocycles. The van der Waals surface area contributed by atoms with Crippen molar-refractivity contribution >= 4 is 0 Å². The molecule has 1 aromatic rings. The number of halogens is 2. The van der Waals surface area contributed by atoms with Gasteiger partial charge >= 0.3 is 88.3 Å². The Morgan fingerprint density at radius 1 is 1.07 bits per heavy atom. The molecule has 0 nitrogen and oxygen atoms in total. The molecule has 0 amide bonds. The third kappa shape index (κ3) is 5.04. The van der Waals surface area contributed by atoms with E-state index >= 15 is 0 Å². The first-order valence-electron chi connectivity index (χ1n) is 4.58. The van der Waals surface area contributed by atoms with Gasteiger partial charge in [-0.2, -0.15) is 0 Å². The molecule has 1 aliphatic carbocycles. The standard InChI is InChI=1S/C7H7.C5H5.2ClH.Ti/c1-7-5-3-2-4-6-7;1-2-4-5-3-1;;;/h2-6H,1H2;1-3H,4H2;2*1H;/q;;;;+2/p-2. The number of rotatable bonds is 3. The van der Waals surface area contributed by atoms with Crippen LogP contribution in [0.3, 0.4) is 0 Å². The molecule has 78 valence electrons. The van der Waals surface area contributed by atoms with Crippen LogP contribution in [0.25, 0.3) is 0 Å². The van der Waals surface area contributed by atoms with Gasteiger partial charge in [-0.15, -0.1) is 0 Å². The second-order valence-corrected chi connectivity index (χ2v) is 5.27. The Morgan fingerprint density at radius 2 is 1.80 bits per heavy atom. The summed E-state index contributed by atoms with van der Waals surface area (Å²) in [6.45, 7) is 0. The third-order valence-electron chi connectivity index (χ3n) is 2.13. The SMILES string of the molecule is C1=CC[C]([Ti+2][CH2]c2ccccc2)=C1.[Cl-].[Cl-]. The van der Waals surface area contributed by atoms with Crippen LogP contribution < -0.4 is 24.8 Å². The molecule has 3 heteroatoms. The zero-order chi connectivity index (χ0) is 8.93. The maximum atomic E-state index is 2.29. The molecule has 0 fully saturated rings. The fraction of sp³-hybridized carbons (Fsp3) is 0.167. The minimum atomic E-state index is 0. The van der Waals surface area contributed by atoms with E-state index in [1.54, 1.807) is 3.88 Å².